The molecule has 1 aromatic heterocycles. The number of hydrogen-bond donors (Lipinski definition) is 2. The van der Waals surface area contributed by atoms with E-state index in [-0.39, 0.29) is 10.8 Å². The Labute approximate surface area is 128 Å². The number of aliphatic carboxylic acids is 1. The van der Waals surface area contributed by atoms with E-state index < -0.39 is 16.0 Å². The van der Waals surface area contributed by atoms with E-state index >= 15 is 0 Å². The molecule has 0 spiro atoms. The van der Waals surface area contributed by atoms with Crippen LogP contribution in [0, 0.1) is 5.92 Å². The second-order valence-electron chi connectivity index (χ2n) is 4.54. The molecule has 1 heterocycles. The van der Waals surface area contributed by atoms with Crippen LogP contribution in [0.3, 0.4) is 0 Å². The predicted molar refractivity (Wildman–Crippen MR) is 83.6 cm³/mol. The Bertz CT molecular complexity index is 614. The number of sulfonamides is 1. The summed E-state index contributed by atoms with van der Waals surface area (Å²) in [7, 11) is -3.64. The molecule has 0 saturated heterocycles. The number of carboxylic acids is 1. The van der Waals surface area contributed by atoms with E-state index in [1.807, 2.05) is 13.2 Å². The van der Waals surface area contributed by atoms with Crippen LogP contribution in [0.15, 0.2) is 29.4 Å². The normalized spacial score (nSPS) is 13.4. The molecule has 1 aromatic rings. The zero-order valence-corrected chi connectivity index (χ0v) is 13.4. The molecule has 0 saturated carbocycles. The molecule has 2 N–H and O–H groups in total. The highest BCUT2D eigenvalue weighted by atomic mass is 32.2. The molecule has 0 aliphatic heterocycles. The maximum atomic E-state index is 12.1. The fourth-order valence-electron chi connectivity index (χ4n) is 1.52. The molecule has 0 bridgehead atoms. The zero-order valence-electron chi connectivity index (χ0n) is 11.8. The lowest BCUT2D eigenvalue weighted by Gasteiger charge is -2.11. The topological polar surface area (TPSA) is 96.4 Å². The molecule has 116 valence electrons. The van der Waals surface area contributed by atoms with E-state index in [0.717, 1.165) is 11.8 Å². The molecule has 0 aliphatic rings. The number of hydrogen-bond acceptors (Lipinski definition) is 5. The second kappa shape index (κ2) is 8.16. The first-order valence-corrected chi connectivity index (χ1v) is 9.07. The van der Waals surface area contributed by atoms with Gasteiger partial charge in [0.2, 0.25) is 10.0 Å². The third-order valence-corrected chi connectivity index (χ3v) is 4.83. The van der Waals surface area contributed by atoms with Gasteiger partial charge in [-0.25, -0.2) is 17.9 Å². The van der Waals surface area contributed by atoms with Crippen LogP contribution in [0.1, 0.15) is 12.5 Å². The minimum atomic E-state index is -3.64. The first-order chi connectivity index (χ1) is 9.85. The second-order valence-corrected chi connectivity index (χ2v) is 7.22. The summed E-state index contributed by atoms with van der Waals surface area (Å²) in [5, 5.41) is 8.56. The fraction of sp³-hybridized carbons (Fsp3) is 0.385. The molecular formula is C13H18N2O4S2. The lowest BCUT2D eigenvalue weighted by atomic mass is 10.2. The van der Waals surface area contributed by atoms with Gasteiger partial charge in [-0.3, -0.25) is 4.98 Å². The molecule has 1 unspecified atom stereocenters. The molecule has 0 radical (unpaired) electrons. The lowest BCUT2D eigenvalue weighted by Crippen LogP contribution is -2.29. The van der Waals surface area contributed by atoms with E-state index in [0.29, 0.717) is 12.1 Å². The smallest absolute Gasteiger partial charge is 0.328 e. The number of nitrogens with zero attached hydrogens (tertiary/aromatic N) is 1. The maximum absolute atomic E-state index is 12.1. The van der Waals surface area contributed by atoms with Crippen LogP contribution >= 0.6 is 11.8 Å². The summed E-state index contributed by atoms with van der Waals surface area (Å²) in [6.07, 6.45) is 6.83. The maximum Gasteiger partial charge on any atom is 0.328 e. The van der Waals surface area contributed by atoms with Gasteiger partial charge >= 0.3 is 5.97 Å². The highest BCUT2D eigenvalue weighted by Crippen LogP contribution is 2.12. The average molecular weight is 330 g/mol. The molecule has 0 amide bonds. The van der Waals surface area contributed by atoms with Crippen molar-refractivity contribution in [2.75, 3.05) is 18.6 Å². The number of carboxylic acid groups (broad SMARTS) is 1. The Balaban J connectivity index is 2.83. The van der Waals surface area contributed by atoms with Crippen LogP contribution in [0.25, 0.3) is 6.08 Å². The number of carbonyl (C=O) groups is 1. The molecule has 1 rings (SSSR count). The highest BCUT2D eigenvalue weighted by molar-refractivity contribution is 7.98. The predicted octanol–water partition coefficient (Wildman–Crippen LogP) is 1.46. The van der Waals surface area contributed by atoms with E-state index in [9.17, 15) is 13.2 Å². The monoisotopic (exact) mass is 330 g/mol. The van der Waals surface area contributed by atoms with Crippen LogP contribution < -0.4 is 4.72 Å². The molecule has 8 heteroatoms. The Morgan fingerprint density at radius 1 is 1.52 bits per heavy atom. The van der Waals surface area contributed by atoms with Crippen molar-refractivity contribution in [1.29, 1.82) is 0 Å². The summed E-state index contributed by atoms with van der Waals surface area (Å²) >= 11 is 1.66. The Morgan fingerprint density at radius 2 is 2.24 bits per heavy atom. The van der Waals surface area contributed by atoms with E-state index in [4.69, 9.17) is 5.11 Å². The van der Waals surface area contributed by atoms with Gasteiger partial charge < -0.3 is 5.11 Å². The third-order valence-electron chi connectivity index (χ3n) is 2.54. The molecule has 1 atom stereocenters. The quantitative estimate of drug-likeness (QED) is 0.701. The Morgan fingerprint density at radius 3 is 2.86 bits per heavy atom. The Kier molecular flexibility index (Phi) is 6.86. The third kappa shape index (κ3) is 6.28. The number of aromatic nitrogens is 1. The van der Waals surface area contributed by atoms with Crippen LogP contribution in [0.5, 0.6) is 0 Å². The fourth-order valence-corrected chi connectivity index (χ4v) is 3.37. The van der Waals surface area contributed by atoms with Gasteiger partial charge in [-0.2, -0.15) is 11.8 Å². The summed E-state index contributed by atoms with van der Waals surface area (Å²) in [6.45, 7) is 2.31. The van der Waals surface area contributed by atoms with Crippen molar-refractivity contribution in [3.05, 3.63) is 30.1 Å². The number of nitrogens with one attached hydrogen (secondary N) is 1. The van der Waals surface area contributed by atoms with Crippen molar-refractivity contribution in [2.24, 2.45) is 5.92 Å². The summed E-state index contributed by atoms with van der Waals surface area (Å²) in [4.78, 5) is 14.3. The summed E-state index contributed by atoms with van der Waals surface area (Å²) in [6, 6.07) is 1.38. The van der Waals surface area contributed by atoms with Crippen molar-refractivity contribution < 1.29 is 18.3 Å². The van der Waals surface area contributed by atoms with Crippen molar-refractivity contribution in [2.45, 2.75) is 11.8 Å². The minimum absolute atomic E-state index is 0.0198. The number of thioether (sulfide) groups is 1. The first kappa shape index (κ1) is 17.7. The molecular weight excluding hydrogens is 312 g/mol. The molecule has 0 fully saturated rings. The largest absolute Gasteiger partial charge is 0.478 e. The van der Waals surface area contributed by atoms with Crippen LogP contribution in [0.2, 0.25) is 0 Å². The van der Waals surface area contributed by atoms with Gasteiger partial charge in [-0.05, 0) is 35.6 Å². The summed E-state index contributed by atoms with van der Waals surface area (Å²) in [5.41, 5.74) is 0.414. The summed E-state index contributed by atoms with van der Waals surface area (Å²) in [5.74, 6) is -0.0209. The van der Waals surface area contributed by atoms with Crippen molar-refractivity contribution in [1.82, 2.24) is 9.71 Å². The SMILES string of the molecule is CSCC(C)CNS(=O)(=O)c1cncc(C=CC(=O)O)c1. The molecule has 0 aromatic carbocycles. The van der Waals surface area contributed by atoms with Gasteiger partial charge in [0, 0.05) is 25.0 Å². The van der Waals surface area contributed by atoms with Gasteiger partial charge in [-0.1, -0.05) is 6.92 Å². The Hall–Kier alpha value is -1.38. The van der Waals surface area contributed by atoms with Gasteiger partial charge in [-0.15, -0.1) is 0 Å². The van der Waals surface area contributed by atoms with Gasteiger partial charge in [0.25, 0.3) is 0 Å². The average Bonchev–Trinajstić information content (AvgIpc) is 2.44. The molecule has 21 heavy (non-hydrogen) atoms. The standard InChI is InChI=1S/C13H18N2O4S2/c1-10(9-20-2)6-15-21(18,19)12-5-11(7-14-8-12)3-4-13(16)17/h3-5,7-8,10,15H,6,9H2,1-2H3,(H,16,17). The highest BCUT2D eigenvalue weighted by Gasteiger charge is 2.15. The summed E-state index contributed by atoms with van der Waals surface area (Å²) < 4.78 is 26.8. The molecule has 6 nitrogen and oxygen atoms in total. The first-order valence-electron chi connectivity index (χ1n) is 6.20. The van der Waals surface area contributed by atoms with Crippen LogP contribution in [-0.4, -0.2) is 43.0 Å². The molecule has 0 aliphatic carbocycles. The van der Waals surface area contributed by atoms with Gasteiger partial charge in [0.15, 0.2) is 0 Å². The lowest BCUT2D eigenvalue weighted by molar-refractivity contribution is -0.131. The van der Waals surface area contributed by atoms with E-state index in [1.165, 1.54) is 24.5 Å². The van der Waals surface area contributed by atoms with Gasteiger partial charge in [0.05, 0.1) is 0 Å². The van der Waals surface area contributed by atoms with Crippen molar-refractivity contribution in [3.63, 3.8) is 0 Å². The zero-order chi connectivity index (χ0) is 15.9. The minimum Gasteiger partial charge on any atom is -0.478 e. The van der Waals surface area contributed by atoms with Crippen molar-refractivity contribution in [3.8, 4) is 0 Å². The van der Waals surface area contributed by atoms with E-state index in [1.54, 1.807) is 11.8 Å². The van der Waals surface area contributed by atoms with E-state index in [2.05, 4.69) is 9.71 Å². The van der Waals surface area contributed by atoms with Crippen LogP contribution in [-0.2, 0) is 14.8 Å². The van der Waals surface area contributed by atoms with Gasteiger partial charge in [0.1, 0.15) is 4.90 Å². The van der Waals surface area contributed by atoms with Crippen molar-refractivity contribution >= 4 is 33.8 Å². The van der Waals surface area contributed by atoms with Crippen LogP contribution in [0.4, 0.5) is 0 Å². The number of pyridine rings is 1. The number of rotatable bonds is 8.